The van der Waals surface area contributed by atoms with Gasteiger partial charge in [0.1, 0.15) is 0 Å². The highest BCUT2D eigenvalue weighted by Crippen LogP contribution is 2.38. The van der Waals surface area contributed by atoms with Gasteiger partial charge in [-0.1, -0.05) is 19.3 Å². The molecule has 3 N–H and O–H groups in total. The highest BCUT2D eigenvalue weighted by atomic mass is 16.5. The van der Waals surface area contributed by atoms with E-state index in [4.69, 9.17) is 9.84 Å². The van der Waals surface area contributed by atoms with E-state index < -0.39 is 0 Å². The number of aliphatic hydroxyl groups is 1. The van der Waals surface area contributed by atoms with E-state index in [0.717, 1.165) is 45.1 Å². The fourth-order valence-corrected chi connectivity index (χ4v) is 3.62. The van der Waals surface area contributed by atoms with Gasteiger partial charge in [-0.2, -0.15) is 0 Å². The first-order valence-corrected chi connectivity index (χ1v) is 8.45. The molecule has 1 aliphatic heterocycles. The second-order valence-corrected chi connectivity index (χ2v) is 6.67. The van der Waals surface area contributed by atoms with Gasteiger partial charge in [0, 0.05) is 25.3 Å². The van der Waals surface area contributed by atoms with E-state index in [9.17, 15) is 4.79 Å². The number of carbonyl (C=O) groups excluding carboxylic acids is 1. The summed E-state index contributed by atoms with van der Waals surface area (Å²) in [5.41, 5.74) is 0.0248. The van der Waals surface area contributed by atoms with Gasteiger partial charge in [0.2, 0.25) is 0 Å². The van der Waals surface area contributed by atoms with Crippen LogP contribution in [0.5, 0.6) is 0 Å². The summed E-state index contributed by atoms with van der Waals surface area (Å²) in [5.74, 6) is 0. The molecule has 1 saturated heterocycles. The summed E-state index contributed by atoms with van der Waals surface area (Å²) >= 11 is 0. The van der Waals surface area contributed by atoms with Crippen molar-refractivity contribution in [3.8, 4) is 0 Å². The zero-order valence-corrected chi connectivity index (χ0v) is 13.2. The standard InChI is InChI=1S/C16H30N2O3/c1-13(6-5-10-19)17-15(20)18-14-7-11-21-16(12-14)8-3-2-4-9-16/h13-14,19H,2-12H2,1H3,(H2,17,18,20). The number of hydrogen-bond donors (Lipinski definition) is 3. The number of nitrogens with one attached hydrogen (secondary N) is 2. The molecule has 2 amide bonds. The van der Waals surface area contributed by atoms with E-state index in [0.29, 0.717) is 0 Å². The third-order valence-electron chi connectivity index (χ3n) is 4.77. The number of urea groups is 1. The first kappa shape index (κ1) is 16.6. The second kappa shape index (κ2) is 7.99. The van der Waals surface area contributed by atoms with Crippen molar-refractivity contribution in [2.75, 3.05) is 13.2 Å². The van der Waals surface area contributed by atoms with Crippen LogP contribution in [-0.2, 0) is 4.74 Å². The quantitative estimate of drug-likeness (QED) is 0.729. The van der Waals surface area contributed by atoms with Crippen molar-refractivity contribution in [1.82, 2.24) is 10.6 Å². The molecule has 0 aromatic rings. The smallest absolute Gasteiger partial charge is 0.315 e. The molecule has 2 unspecified atom stereocenters. The minimum Gasteiger partial charge on any atom is -0.396 e. The fourth-order valence-electron chi connectivity index (χ4n) is 3.62. The molecule has 2 rings (SSSR count). The molecule has 5 nitrogen and oxygen atoms in total. The summed E-state index contributed by atoms with van der Waals surface area (Å²) < 4.78 is 6.05. The monoisotopic (exact) mass is 298 g/mol. The number of amides is 2. The van der Waals surface area contributed by atoms with E-state index in [1.165, 1.54) is 19.3 Å². The van der Waals surface area contributed by atoms with Crippen LogP contribution in [-0.4, -0.2) is 42.0 Å². The summed E-state index contributed by atoms with van der Waals surface area (Å²) in [6, 6.07) is 0.237. The zero-order chi connectivity index (χ0) is 15.1. The number of ether oxygens (including phenoxy) is 1. The molecule has 122 valence electrons. The molecule has 21 heavy (non-hydrogen) atoms. The van der Waals surface area contributed by atoms with Crippen LogP contribution in [0.3, 0.4) is 0 Å². The normalized spacial score (nSPS) is 26.3. The minimum atomic E-state index is -0.0849. The van der Waals surface area contributed by atoms with Gasteiger partial charge in [0.25, 0.3) is 0 Å². The maximum atomic E-state index is 12.0. The third-order valence-corrected chi connectivity index (χ3v) is 4.77. The Morgan fingerprint density at radius 3 is 2.86 bits per heavy atom. The van der Waals surface area contributed by atoms with Crippen LogP contribution in [0.1, 0.15) is 64.7 Å². The summed E-state index contributed by atoms with van der Waals surface area (Å²) in [6.07, 6.45) is 9.47. The molecular formula is C16H30N2O3. The predicted octanol–water partition coefficient (Wildman–Crippen LogP) is 2.33. The predicted molar refractivity (Wildman–Crippen MR) is 82.2 cm³/mol. The van der Waals surface area contributed by atoms with E-state index >= 15 is 0 Å². The average Bonchev–Trinajstić information content (AvgIpc) is 2.46. The first-order chi connectivity index (χ1) is 10.1. The molecule has 0 aromatic carbocycles. The molecule has 1 spiro atoms. The summed E-state index contributed by atoms with van der Waals surface area (Å²) in [4.78, 5) is 12.0. The van der Waals surface area contributed by atoms with Crippen molar-refractivity contribution >= 4 is 6.03 Å². The summed E-state index contributed by atoms with van der Waals surface area (Å²) in [7, 11) is 0. The Labute approximate surface area is 127 Å². The Morgan fingerprint density at radius 2 is 2.14 bits per heavy atom. The Bertz CT molecular complexity index is 324. The van der Waals surface area contributed by atoms with Gasteiger partial charge in [-0.25, -0.2) is 4.79 Å². The molecule has 2 aliphatic rings. The Hall–Kier alpha value is -0.810. The van der Waals surface area contributed by atoms with Crippen LogP contribution in [0.2, 0.25) is 0 Å². The lowest BCUT2D eigenvalue weighted by atomic mass is 9.78. The zero-order valence-electron chi connectivity index (χ0n) is 13.2. The van der Waals surface area contributed by atoms with Crippen molar-refractivity contribution in [3.63, 3.8) is 0 Å². The van der Waals surface area contributed by atoms with Crippen LogP contribution in [0.15, 0.2) is 0 Å². The second-order valence-electron chi connectivity index (χ2n) is 6.67. The largest absolute Gasteiger partial charge is 0.396 e. The third kappa shape index (κ3) is 5.15. The van der Waals surface area contributed by atoms with Crippen molar-refractivity contribution in [2.45, 2.75) is 82.4 Å². The molecule has 0 radical (unpaired) electrons. The Kier molecular flexibility index (Phi) is 6.30. The molecule has 0 aromatic heterocycles. The molecule has 0 bridgehead atoms. The maximum Gasteiger partial charge on any atom is 0.315 e. The Balaban J connectivity index is 1.75. The first-order valence-electron chi connectivity index (χ1n) is 8.45. The SMILES string of the molecule is CC(CCCO)NC(=O)NC1CCOC2(CCCCC2)C1. The van der Waals surface area contributed by atoms with E-state index in [-0.39, 0.29) is 30.3 Å². The van der Waals surface area contributed by atoms with Crippen LogP contribution < -0.4 is 10.6 Å². The summed E-state index contributed by atoms with van der Waals surface area (Å²) in [5, 5.41) is 14.9. The minimum absolute atomic E-state index is 0.0248. The number of carbonyl (C=O) groups is 1. The van der Waals surface area contributed by atoms with Gasteiger partial charge < -0.3 is 20.5 Å². The van der Waals surface area contributed by atoms with Crippen molar-refractivity contribution in [3.05, 3.63) is 0 Å². The van der Waals surface area contributed by atoms with Crippen LogP contribution in [0, 0.1) is 0 Å². The van der Waals surface area contributed by atoms with Gasteiger partial charge in [0.15, 0.2) is 0 Å². The molecular weight excluding hydrogens is 268 g/mol. The molecule has 1 aliphatic carbocycles. The Morgan fingerprint density at radius 1 is 1.38 bits per heavy atom. The van der Waals surface area contributed by atoms with Crippen LogP contribution in [0.4, 0.5) is 4.79 Å². The van der Waals surface area contributed by atoms with Gasteiger partial charge >= 0.3 is 6.03 Å². The van der Waals surface area contributed by atoms with Crippen LogP contribution >= 0.6 is 0 Å². The topological polar surface area (TPSA) is 70.6 Å². The average molecular weight is 298 g/mol. The highest BCUT2D eigenvalue weighted by Gasteiger charge is 2.38. The van der Waals surface area contributed by atoms with Crippen molar-refractivity contribution in [1.29, 1.82) is 0 Å². The van der Waals surface area contributed by atoms with E-state index in [2.05, 4.69) is 10.6 Å². The van der Waals surface area contributed by atoms with Crippen molar-refractivity contribution in [2.24, 2.45) is 0 Å². The van der Waals surface area contributed by atoms with Crippen molar-refractivity contribution < 1.29 is 14.6 Å². The molecule has 5 heteroatoms. The van der Waals surface area contributed by atoms with E-state index in [1.807, 2.05) is 6.92 Å². The van der Waals surface area contributed by atoms with Gasteiger partial charge in [-0.3, -0.25) is 0 Å². The molecule has 1 saturated carbocycles. The van der Waals surface area contributed by atoms with Gasteiger partial charge in [-0.05, 0) is 45.4 Å². The lowest BCUT2D eigenvalue weighted by Gasteiger charge is -2.43. The number of aliphatic hydroxyl groups excluding tert-OH is 1. The van der Waals surface area contributed by atoms with E-state index in [1.54, 1.807) is 0 Å². The molecule has 2 atom stereocenters. The highest BCUT2D eigenvalue weighted by molar-refractivity contribution is 5.74. The number of rotatable bonds is 5. The van der Waals surface area contributed by atoms with Crippen LogP contribution in [0.25, 0.3) is 0 Å². The molecule has 1 heterocycles. The lowest BCUT2D eigenvalue weighted by molar-refractivity contribution is -0.107. The van der Waals surface area contributed by atoms with Gasteiger partial charge in [0.05, 0.1) is 5.60 Å². The van der Waals surface area contributed by atoms with Gasteiger partial charge in [-0.15, -0.1) is 0 Å². The maximum absolute atomic E-state index is 12.0. The number of hydrogen-bond acceptors (Lipinski definition) is 3. The molecule has 2 fully saturated rings. The fraction of sp³-hybridized carbons (Fsp3) is 0.938. The lowest BCUT2D eigenvalue weighted by Crippen LogP contribution is -2.52. The summed E-state index contributed by atoms with van der Waals surface area (Å²) in [6.45, 7) is 2.91.